The highest BCUT2D eigenvalue weighted by atomic mass is 32.2. The average Bonchev–Trinajstić information content (AvgIpc) is 2.69. The average molecular weight is 492 g/mol. The van der Waals surface area contributed by atoms with Gasteiger partial charge < -0.3 is 4.74 Å². The number of hydrogen-bond donors (Lipinski definition) is 0. The SMILES string of the molecule is C=CCN(C(C(=C)C(=O)OC)c1ccc(C#C[Si](C)(C)C)cc1)S(=O)(=O)CC[Si](C)(C)C. The molecule has 0 aliphatic rings. The number of ether oxygens (including phenoxy) is 1. The molecule has 0 spiro atoms. The van der Waals surface area contributed by atoms with Crippen molar-refractivity contribution in [1.82, 2.24) is 4.31 Å². The predicted octanol–water partition coefficient (Wildman–Crippen LogP) is 4.84. The molecule has 0 aliphatic carbocycles. The highest BCUT2D eigenvalue weighted by Gasteiger charge is 2.35. The Morgan fingerprint density at radius 1 is 1.16 bits per heavy atom. The van der Waals surface area contributed by atoms with Crippen molar-refractivity contribution in [2.75, 3.05) is 19.4 Å². The molecular weight excluding hydrogens is 455 g/mol. The standard InChI is InChI=1S/C24H37NO4SSi2/c1-10-16-25(30(27,28)17-19-32(7,8)9)23(20(2)24(26)29-3)22-13-11-21(12-14-22)15-18-31(4,5)6/h10-14,23H,1-2,16-17,19H2,3-9H3. The van der Waals surface area contributed by atoms with Gasteiger partial charge in [0.15, 0.2) is 0 Å². The van der Waals surface area contributed by atoms with Gasteiger partial charge in [-0.25, -0.2) is 13.2 Å². The van der Waals surface area contributed by atoms with Crippen LogP contribution in [0.1, 0.15) is 17.2 Å². The summed E-state index contributed by atoms with van der Waals surface area (Å²) in [6.45, 7) is 20.6. The van der Waals surface area contributed by atoms with Crippen LogP contribution in [0.4, 0.5) is 0 Å². The highest BCUT2D eigenvalue weighted by molar-refractivity contribution is 7.89. The summed E-state index contributed by atoms with van der Waals surface area (Å²) in [4.78, 5) is 12.4. The van der Waals surface area contributed by atoms with Crippen molar-refractivity contribution in [2.45, 2.75) is 51.4 Å². The zero-order valence-corrected chi connectivity index (χ0v) is 23.3. The van der Waals surface area contributed by atoms with Gasteiger partial charge in [-0.15, -0.1) is 12.1 Å². The molecule has 1 aromatic rings. The Kier molecular flexibility index (Phi) is 9.91. The van der Waals surface area contributed by atoms with Gasteiger partial charge in [0.05, 0.1) is 24.5 Å². The molecule has 0 aromatic heterocycles. The topological polar surface area (TPSA) is 63.7 Å². The lowest BCUT2D eigenvalue weighted by Gasteiger charge is -2.32. The fraction of sp³-hybridized carbons (Fsp3) is 0.458. The molecule has 0 saturated carbocycles. The zero-order chi connectivity index (χ0) is 24.7. The van der Waals surface area contributed by atoms with Gasteiger partial charge in [-0.1, -0.05) is 70.0 Å². The van der Waals surface area contributed by atoms with Gasteiger partial charge in [-0.3, -0.25) is 0 Å². The predicted molar refractivity (Wildman–Crippen MR) is 139 cm³/mol. The van der Waals surface area contributed by atoms with Crippen molar-refractivity contribution < 1.29 is 17.9 Å². The minimum Gasteiger partial charge on any atom is -0.466 e. The first kappa shape index (κ1) is 28.1. The summed E-state index contributed by atoms with van der Waals surface area (Å²) in [5, 5.41) is 0. The number of hydrogen-bond acceptors (Lipinski definition) is 4. The molecule has 0 radical (unpaired) electrons. The van der Waals surface area contributed by atoms with Gasteiger partial charge in [0.25, 0.3) is 0 Å². The molecular formula is C24H37NO4SSi2. The number of nitrogens with zero attached hydrogens (tertiary/aromatic N) is 1. The molecule has 0 aliphatic heterocycles. The van der Waals surface area contributed by atoms with E-state index in [1.165, 1.54) is 17.5 Å². The van der Waals surface area contributed by atoms with Crippen LogP contribution in [-0.2, 0) is 19.6 Å². The highest BCUT2D eigenvalue weighted by Crippen LogP contribution is 2.32. The lowest BCUT2D eigenvalue weighted by atomic mass is 9.98. The van der Waals surface area contributed by atoms with Gasteiger partial charge in [0.2, 0.25) is 10.0 Å². The van der Waals surface area contributed by atoms with Crippen molar-refractivity contribution >= 4 is 32.1 Å². The van der Waals surface area contributed by atoms with Crippen molar-refractivity contribution in [3.05, 3.63) is 60.2 Å². The van der Waals surface area contributed by atoms with Crippen LogP contribution < -0.4 is 0 Å². The number of rotatable bonds is 10. The number of carbonyl (C=O) groups excluding carboxylic acids is 1. The molecule has 1 rings (SSSR count). The van der Waals surface area contributed by atoms with E-state index in [2.05, 4.69) is 63.9 Å². The van der Waals surface area contributed by atoms with Gasteiger partial charge >= 0.3 is 5.97 Å². The van der Waals surface area contributed by atoms with E-state index in [-0.39, 0.29) is 17.9 Å². The van der Waals surface area contributed by atoms with Crippen molar-refractivity contribution in [3.63, 3.8) is 0 Å². The fourth-order valence-electron chi connectivity index (χ4n) is 2.85. The Bertz CT molecular complexity index is 992. The second-order valence-electron chi connectivity index (χ2n) is 10.0. The minimum absolute atomic E-state index is 0.0152. The van der Waals surface area contributed by atoms with Gasteiger partial charge in [-0.2, -0.15) is 4.31 Å². The largest absolute Gasteiger partial charge is 0.466 e. The molecule has 1 aromatic carbocycles. The van der Waals surface area contributed by atoms with E-state index >= 15 is 0 Å². The molecule has 176 valence electrons. The summed E-state index contributed by atoms with van der Waals surface area (Å²) in [7, 11) is -5.54. The monoisotopic (exact) mass is 491 g/mol. The Hall–Kier alpha value is -1.93. The summed E-state index contributed by atoms with van der Waals surface area (Å²) < 4.78 is 32.9. The third kappa shape index (κ3) is 8.90. The maximum atomic E-state index is 13.4. The minimum atomic E-state index is -3.69. The number of benzene rings is 1. The molecule has 0 amide bonds. The molecule has 0 saturated heterocycles. The van der Waals surface area contributed by atoms with Crippen LogP contribution in [0.15, 0.2) is 49.1 Å². The lowest BCUT2D eigenvalue weighted by Crippen LogP contribution is -2.40. The molecule has 8 heteroatoms. The summed E-state index contributed by atoms with van der Waals surface area (Å²) in [6, 6.07) is 7.03. The Morgan fingerprint density at radius 3 is 2.16 bits per heavy atom. The first-order valence-electron chi connectivity index (χ1n) is 10.6. The maximum absolute atomic E-state index is 13.4. The van der Waals surface area contributed by atoms with E-state index in [0.717, 1.165) is 5.56 Å². The molecule has 5 nitrogen and oxygen atoms in total. The van der Waals surface area contributed by atoms with E-state index in [4.69, 9.17) is 4.74 Å². The number of carbonyl (C=O) groups is 1. The molecule has 32 heavy (non-hydrogen) atoms. The van der Waals surface area contributed by atoms with Crippen molar-refractivity contribution in [2.24, 2.45) is 0 Å². The van der Waals surface area contributed by atoms with Crippen molar-refractivity contribution in [1.29, 1.82) is 0 Å². The van der Waals surface area contributed by atoms with E-state index in [9.17, 15) is 13.2 Å². The molecule has 1 unspecified atom stereocenters. The summed E-state index contributed by atoms with van der Waals surface area (Å²) in [5.41, 5.74) is 4.86. The lowest BCUT2D eigenvalue weighted by molar-refractivity contribution is -0.136. The first-order valence-corrected chi connectivity index (χ1v) is 19.4. The summed E-state index contributed by atoms with van der Waals surface area (Å²) in [6.07, 6.45) is 1.53. The quantitative estimate of drug-likeness (QED) is 0.154. The molecule has 0 N–H and O–H groups in total. The smallest absolute Gasteiger partial charge is 0.335 e. The van der Waals surface area contributed by atoms with E-state index in [1.54, 1.807) is 12.1 Å². The molecule has 0 bridgehead atoms. The summed E-state index contributed by atoms with van der Waals surface area (Å²) in [5.74, 6) is 2.56. The van der Waals surface area contributed by atoms with Gasteiger partial charge in [0.1, 0.15) is 8.07 Å². The fourth-order valence-corrected chi connectivity index (χ4v) is 7.99. The van der Waals surface area contributed by atoms with Crippen LogP contribution in [0.5, 0.6) is 0 Å². The van der Waals surface area contributed by atoms with Gasteiger partial charge in [-0.05, 0) is 23.7 Å². The number of sulfonamides is 1. The van der Waals surface area contributed by atoms with Crippen LogP contribution in [0.25, 0.3) is 0 Å². The Morgan fingerprint density at radius 2 is 1.72 bits per heavy atom. The zero-order valence-electron chi connectivity index (χ0n) is 20.5. The molecule has 1 atom stereocenters. The van der Waals surface area contributed by atoms with Crippen LogP contribution >= 0.6 is 0 Å². The van der Waals surface area contributed by atoms with Crippen LogP contribution in [0.2, 0.25) is 45.3 Å². The maximum Gasteiger partial charge on any atom is 0.335 e. The van der Waals surface area contributed by atoms with Crippen LogP contribution in [0.3, 0.4) is 0 Å². The number of esters is 1. The summed E-state index contributed by atoms with van der Waals surface area (Å²) >= 11 is 0. The van der Waals surface area contributed by atoms with Crippen LogP contribution in [0, 0.1) is 11.5 Å². The Balaban J connectivity index is 3.49. The van der Waals surface area contributed by atoms with Crippen LogP contribution in [-0.4, -0.2) is 54.2 Å². The first-order chi connectivity index (χ1) is 14.6. The third-order valence-electron chi connectivity index (χ3n) is 4.65. The molecule has 0 heterocycles. The van der Waals surface area contributed by atoms with Crippen molar-refractivity contribution in [3.8, 4) is 11.5 Å². The van der Waals surface area contributed by atoms with E-state index in [0.29, 0.717) is 11.6 Å². The second kappa shape index (κ2) is 11.3. The second-order valence-corrected chi connectivity index (χ2v) is 22.4. The molecule has 0 fully saturated rings. The number of methoxy groups -OCH3 is 1. The third-order valence-corrected chi connectivity index (χ3v) is 9.43. The van der Waals surface area contributed by atoms with E-state index in [1.807, 2.05) is 12.1 Å². The Labute approximate surface area is 196 Å². The van der Waals surface area contributed by atoms with E-state index < -0.39 is 38.2 Å². The normalized spacial score (nSPS) is 13.1. The van der Waals surface area contributed by atoms with Gasteiger partial charge in [0, 0.05) is 20.2 Å².